The molecule has 9 heteroatoms. The Bertz CT molecular complexity index is 349. The lowest BCUT2D eigenvalue weighted by Crippen LogP contribution is -2.33. The predicted octanol–water partition coefficient (Wildman–Crippen LogP) is 1.58. The molecule has 0 amide bonds. The third kappa shape index (κ3) is 5.35. The van der Waals surface area contributed by atoms with Crippen molar-refractivity contribution in [1.29, 1.82) is 0 Å². The summed E-state index contributed by atoms with van der Waals surface area (Å²) in [7, 11) is -5.77. The van der Waals surface area contributed by atoms with Gasteiger partial charge < -0.3 is 4.74 Å². The topological polar surface area (TPSA) is 69.7 Å². The van der Waals surface area contributed by atoms with Crippen LogP contribution in [0.25, 0.3) is 0 Å². The highest BCUT2D eigenvalue weighted by atomic mass is 32.2. The highest BCUT2D eigenvalue weighted by Gasteiger charge is 2.49. The third-order valence-corrected chi connectivity index (χ3v) is 2.74. The van der Waals surface area contributed by atoms with Crippen molar-refractivity contribution in [2.75, 3.05) is 6.61 Å². The maximum atomic E-state index is 11.9. The molecule has 0 N–H and O–H groups in total. The molecule has 1 unspecified atom stereocenters. The number of carbonyl (C=O) groups excluding carboxylic acids is 1. The molecular weight excluding hydrogens is 265 g/mol. The second-order valence-electron chi connectivity index (χ2n) is 3.16. The molecule has 0 radical (unpaired) electrons. The van der Waals surface area contributed by atoms with E-state index in [-0.39, 0.29) is 6.61 Å². The first-order valence-corrected chi connectivity index (χ1v) is 6.19. The zero-order valence-electron chi connectivity index (χ0n) is 9.28. The Labute approximate surface area is 97.0 Å². The molecule has 0 saturated carbocycles. The van der Waals surface area contributed by atoms with Gasteiger partial charge in [-0.2, -0.15) is 21.6 Å². The summed E-state index contributed by atoms with van der Waals surface area (Å²) in [5.74, 6) is -1.15. The van der Waals surface area contributed by atoms with Crippen LogP contribution < -0.4 is 0 Å². The second kappa shape index (κ2) is 6.20. The number of carbonyl (C=O) groups is 1. The molecule has 0 aromatic heterocycles. The van der Waals surface area contributed by atoms with Crippen LogP contribution in [0.1, 0.15) is 26.7 Å². The quantitative estimate of drug-likeness (QED) is 0.319. The summed E-state index contributed by atoms with van der Waals surface area (Å²) >= 11 is 0. The van der Waals surface area contributed by atoms with E-state index >= 15 is 0 Å². The number of esters is 1. The maximum Gasteiger partial charge on any atom is 0.523 e. The summed E-state index contributed by atoms with van der Waals surface area (Å²) in [5.41, 5.74) is -5.55. The molecule has 0 rings (SSSR count). The van der Waals surface area contributed by atoms with E-state index in [1.54, 1.807) is 0 Å². The highest BCUT2D eigenvalue weighted by molar-refractivity contribution is 7.87. The molecule has 102 valence electrons. The van der Waals surface area contributed by atoms with Crippen LogP contribution in [0.5, 0.6) is 0 Å². The first-order valence-electron chi connectivity index (χ1n) is 4.78. The van der Waals surface area contributed by atoms with E-state index in [0.717, 1.165) is 13.3 Å². The Morgan fingerprint density at radius 3 is 2.29 bits per heavy atom. The number of hydrogen-bond donors (Lipinski definition) is 0. The van der Waals surface area contributed by atoms with E-state index in [0.29, 0.717) is 6.42 Å². The molecule has 0 aromatic rings. The van der Waals surface area contributed by atoms with Crippen LogP contribution in [0, 0.1) is 0 Å². The Morgan fingerprint density at radius 2 is 1.88 bits per heavy atom. The van der Waals surface area contributed by atoms with Gasteiger partial charge in [0.25, 0.3) is 0 Å². The van der Waals surface area contributed by atoms with Crippen LogP contribution in [0.4, 0.5) is 13.2 Å². The van der Waals surface area contributed by atoms with E-state index in [1.807, 2.05) is 6.92 Å². The lowest BCUT2D eigenvalue weighted by molar-refractivity contribution is -0.151. The van der Waals surface area contributed by atoms with Crippen LogP contribution in [0.2, 0.25) is 0 Å². The van der Waals surface area contributed by atoms with Crippen molar-refractivity contribution >= 4 is 16.1 Å². The average molecular weight is 278 g/mol. The average Bonchev–Trinajstić information content (AvgIpc) is 2.15. The smallest absolute Gasteiger partial charge is 0.464 e. The van der Waals surface area contributed by atoms with Gasteiger partial charge in [0, 0.05) is 0 Å². The zero-order valence-corrected chi connectivity index (χ0v) is 10.1. The zero-order chi connectivity index (χ0) is 13.7. The molecule has 0 heterocycles. The minimum atomic E-state index is -5.77. The van der Waals surface area contributed by atoms with Crippen molar-refractivity contribution in [2.45, 2.75) is 38.3 Å². The van der Waals surface area contributed by atoms with Crippen molar-refractivity contribution in [3.63, 3.8) is 0 Å². The largest absolute Gasteiger partial charge is 0.523 e. The fourth-order valence-corrected chi connectivity index (χ4v) is 1.29. The molecule has 0 aliphatic rings. The van der Waals surface area contributed by atoms with E-state index in [4.69, 9.17) is 0 Å². The standard InChI is InChI=1S/C8H13F3O5S/c1-3-4-5-15-7(12)6(2)16-17(13,14)8(9,10)11/h6H,3-5H2,1-2H3. The molecular formula is C8H13F3O5S. The molecule has 0 aliphatic carbocycles. The second-order valence-corrected chi connectivity index (χ2v) is 4.72. The third-order valence-electron chi connectivity index (χ3n) is 1.63. The monoisotopic (exact) mass is 278 g/mol. The summed E-state index contributed by atoms with van der Waals surface area (Å²) in [5, 5.41) is 0. The Kier molecular flexibility index (Phi) is 5.89. The van der Waals surface area contributed by atoms with Crippen LogP contribution in [-0.2, 0) is 23.8 Å². The molecule has 1 atom stereocenters. The summed E-state index contributed by atoms with van der Waals surface area (Å²) in [6.45, 7) is 2.70. The molecule has 0 saturated heterocycles. The predicted molar refractivity (Wildman–Crippen MR) is 51.4 cm³/mol. The first-order chi connectivity index (χ1) is 7.62. The van der Waals surface area contributed by atoms with Crippen LogP contribution in [-0.4, -0.2) is 32.6 Å². The molecule has 0 aromatic carbocycles. The first kappa shape index (κ1) is 16.2. The van der Waals surface area contributed by atoms with Gasteiger partial charge in [-0.1, -0.05) is 13.3 Å². The van der Waals surface area contributed by atoms with Gasteiger partial charge >= 0.3 is 21.6 Å². The Balaban J connectivity index is 4.36. The number of unbranched alkanes of at least 4 members (excludes halogenated alkanes) is 1. The fourth-order valence-electron chi connectivity index (χ4n) is 0.718. The number of alkyl halides is 3. The number of halogens is 3. The summed E-state index contributed by atoms with van der Waals surface area (Å²) in [6, 6.07) is 0. The van der Waals surface area contributed by atoms with Crippen LogP contribution >= 0.6 is 0 Å². The molecule has 5 nitrogen and oxygen atoms in total. The SMILES string of the molecule is CCCCOC(=O)C(C)OS(=O)(=O)C(F)(F)F. The summed E-state index contributed by atoms with van der Waals surface area (Å²) in [6.07, 6.45) is -0.563. The Morgan fingerprint density at radius 1 is 1.35 bits per heavy atom. The van der Waals surface area contributed by atoms with Crippen molar-refractivity contribution < 1.29 is 35.3 Å². The lowest BCUT2D eigenvalue weighted by atomic mass is 10.3. The maximum absolute atomic E-state index is 11.9. The van der Waals surface area contributed by atoms with Crippen LogP contribution in [0.3, 0.4) is 0 Å². The minimum Gasteiger partial charge on any atom is -0.464 e. The van der Waals surface area contributed by atoms with Crippen molar-refractivity contribution in [3.05, 3.63) is 0 Å². The van der Waals surface area contributed by atoms with E-state index in [2.05, 4.69) is 8.92 Å². The minimum absolute atomic E-state index is 0.00903. The van der Waals surface area contributed by atoms with E-state index < -0.39 is 27.7 Å². The molecule has 0 spiro atoms. The molecule has 0 aliphatic heterocycles. The van der Waals surface area contributed by atoms with Crippen molar-refractivity contribution in [3.8, 4) is 0 Å². The normalized spacial score (nSPS) is 14.4. The number of ether oxygens (including phenoxy) is 1. The van der Waals surface area contributed by atoms with Gasteiger partial charge in [0.15, 0.2) is 6.10 Å². The van der Waals surface area contributed by atoms with Crippen LogP contribution in [0.15, 0.2) is 0 Å². The van der Waals surface area contributed by atoms with Crippen molar-refractivity contribution in [1.82, 2.24) is 0 Å². The van der Waals surface area contributed by atoms with E-state index in [9.17, 15) is 26.4 Å². The van der Waals surface area contributed by atoms with Gasteiger partial charge in [-0.05, 0) is 13.3 Å². The number of hydrogen-bond acceptors (Lipinski definition) is 5. The van der Waals surface area contributed by atoms with E-state index in [1.165, 1.54) is 0 Å². The van der Waals surface area contributed by atoms with Gasteiger partial charge in [-0.15, -0.1) is 0 Å². The number of rotatable bonds is 6. The lowest BCUT2D eigenvalue weighted by Gasteiger charge is -2.13. The van der Waals surface area contributed by atoms with Gasteiger partial charge in [0.2, 0.25) is 0 Å². The molecule has 0 fully saturated rings. The highest BCUT2D eigenvalue weighted by Crippen LogP contribution is 2.25. The van der Waals surface area contributed by atoms with Gasteiger partial charge in [-0.3, -0.25) is 0 Å². The van der Waals surface area contributed by atoms with Gasteiger partial charge in [-0.25, -0.2) is 8.98 Å². The van der Waals surface area contributed by atoms with Crippen molar-refractivity contribution in [2.24, 2.45) is 0 Å². The fraction of sp³-hybridized carbons (Fsp3) is 0.875. The molecule has 17 heavy (non-hydrogen) atoms. The summed E-state index contributed by atoms with van der Waals surface area (Å²) in [4.78, 5) is 11.0. The summed E-state index contributed by atoms with van der Waals surface area (Å²) < 4.78 is 65.0. The Hall–Kier alpha value is -0.830. The van der Waals surface area contributed by atoms with Gasteiger partial charge in [0.05, 0.1) is 6.61 Å². The molecule has 0 bridgehead atoms. The van der Waals surface area contributed by atoms with Gasteiger partial charge in [0.1, 0.15) is 0 Å².